The van der Waals surface area contributed by atoms with Gasteiger partial charge in [0, 0.05) is 45.3 Å². The Balaban J connectivity index is 1.35. The van der Waals surface area contributed by atoms with Crippen molar-refractivity contribution in [1.82, 2.24) is 9.80 Å². The number of piperidine rings is 1. The van der Waals surface area contributed by atoms with Crippen LogP contribution in [0.5, 0.6) is 0 Å². The van der Waals surface area contributed by atoms with Gasteiger partial charge in [0.05, 0.1) is 12.0 Å². The molecule has 1 aromatic heterocycles. The zero-order valence-corrected chi connectivity index (χ0v) is 14.8. The lowest BCUT2D eigenvalue weighted by molar-refractivity contribution is 0.0535. The van der Waals surface area contributed by atoms with Crippen LogP contribution in [-0.4, -0.2) is 61.0 Å². The third-order valence-electron chi connectivity index (χ3n) is 5.44. The molecule has 2 aromatic rings. The van der Waals surface area contributed by atoms with E-state index in [-0.39, 0.29) is 11.7 Å². The average molecular weight is 357 g/mol. The van der Waals surface area contributed by atoms with Crippen molar-refractivity contribution in [3.63, 3.8) is 0 Å². The minimum atomic E-state index is -0.158. The zero-order chi connectivity index (χ0) is 17.9. The van der Waals surface area contributed by atoms with Crippen molar-refractivity contribution in [1.29, 1.82) is 0 Å². The molecule has 3 heterocycles. The molecule has 2 aliphatic heterocycles. The Morgan fingerprint density at radius 2 is 1.85 bits per heavy atom. The van der Waals surface area contributed by atoms with E-state index < -0.39 is 0 Å². The predicted octanol–water partition coefficient (Wildman–Crippen LogP) is 2.85. The molecule has 6 heteroatoms. The van der Waals surface area contributed by atoms with Crippen LogP contribution in [-0.2, 0) is 0 Å². The van der Waals surface area contributed by atoms with Crippen LogP contribution in [0.15, 0.2) is 47.1 Å². The van der Waals surface area contributed by atoms with E-state index >= 15 is 0 Å². The van der Waals surface area contributed by atoms with Crippen LogP contribution in [0, 0.1) is 5.82 Å². The monoisotopic (exact) mass is 357 g/mol. The van der Waals surface area contributed by atoms with E-state index in [1.54, 1.807) is 18.2 Å². The first-order valence-corrected chi connectivity index (χ1v) is 9.28. The van der Waals surface area contributed by atoms with Gasteiger partial charge in [-0.2, -0.15) is 0 Å². The van der Waals surface area contributed by atoms with Crippen molar-refractivity contribution in [2.24, 2.45) is 0 Å². The minimum absolute atomic E-state index is 0.0234. The van der Waals surface area contributed by atoms with Crippen molar-refractivity contribution in [2.45, 2.75) is 18.9 Å². The Labute approximate surface area is 153 Å². The molecule has 2 aliphatic rings. The van der Waals surface area contributed by atoms with E-state index in [1.807, 2.05) is 17.0 Å². The van der Waals surface area contributed by atoms with Crippen LogP contribution >= 0.6 is 0 Å². The molecule has 5 nitrogen and oxygen atoms in total. The second-order valence-corrected chi connectivity index (χ2v) is 7.00. The third kappa shape index (κ3) is 3.46. The summed E-state index contributed by atoms with van der Waals surface area (Å²) in [4.78, 5) is 19.0. The Bertz CT molecular complexity index is 741. The topological polar surface area (TPSA) is 39.9 Å². The number of benzene rings is 1. The normalized spacial score (nSPS) is 21.8. The molecule has 0 N–H and O–H groups in total. The van der Waals surface area contributed by atoms with Crippen molar-refractivity contribution in [2.75, 3.05) is 44.2 Å². The molecule has 1 aromatic carbocycles. The zero-order valence-electron chi connectivity index (χ0n) is 14.8. The molecule has 0 saturated carbocycles. The van der Waals surface area contributed by atoms with Gasteiger partial charge in [0.25, 0.3) is 5.91 Å². The molecule has 0 unspecified atom stereocenters. The number of para-hydroxylation sites is 1. The number of hydrogen-bond acceptors (Lipinski definition) is 4. The second kappa shape index (κ2) is 7.50. The highest BCUT2D eigenvalue weighted by Gasteiger charge is 2.31. The van der Waals surface area contributed by atoms with E-state index in [9.17, 15) is 9.18 Å². The molecule has 2 fully saturated rings. The fourth-order valence-electron chi connectivity index (χ4n) is 4.03. The van der Waals surface area contributed by atoms with Gasteiger partial charge in [-0.15, -0.1) is 0 Å². The average Bonchev–Trinajstić information content (AvgIpc) is 3.23. The highest BCUT2D eigenvalue weighted by Crippen LogP contribution is 2.23. The van der Waals surface area contributed by atoms with Gasteiger partial charge in [0.2, 0.25) is 0 Å². The van der Waals surface area contributed by atoms with Crippen LogP contribution < -0.4 is 4.90 Å². The summed E-state index contributed by atoms with van der Waals surface area (Å²) in [5, 5.41) is 0. The predicted molar refractivity (Wildman–Crippen MR) is 97.8 cm³/mol. The Hall–Kier alpha value is -2.34. The maximum Gasteiger partial charge on any atom is 0.289 e. The fraction of sp³-hybridized carbons (Fsp3) is 0.450. The van der Waals surface area contributed by atoms with E-state index in [2.05, 4.69) is 9.80 Å². The number of nitrogens with zero attached hydrogens (tertiary/aromatic N) is 3. The maximum atomic E-state index is 14.0. The van der Waals surface area contributed by atoms with Gasteiger partial charge in [-0.3, -0.25) is 9.69 Å². The lowest BCUT2D eigenvalue weighted by atomic mass is 10.0. The molecule has 0 spiro atoms. The molecule has 1 amide bonds. The van der Waals surface area contributed by atoms with Crippen LogP contribution in [0.4, 0.5) is 10.1 Å². The summed E-state index contributed by atoms with van der Waals surface area (Å²) < 4.78 is 19.2. The first-order chi connectivity index (χ1) is 12.7. The molecular formula is C20H24FN3O2. The molecule has 138 valence electrons. The third-order valence-corrected chi connectivity index (χ3v) is 5.44. The van der Waals surface area contributed by atoms with Crippen molar-refractivity contribution in [3.8, 4) is 0 Å². The molecular weight excluding hydrogens is 333 g/mol. The van der Waals surface area contributed by atoms with Crippen molar-refractivity contribution in [3.05, 3.63) is 54.2 Å². The number of hydrogen-bond donors (Lipinski definition) is 0. The lowest BCUT2D eigenvalue weighted by Gasteiger charge is -2.43. The van der Waals surface area contributed by atoms with Gasteiger partial charge in [-0.05, 0) is 37.1 Å². The maximum absolute atomic E-state index is 14.0. The quantitative estimate of drug-likeness (QED) is 0.847. The van der Waals surface area contributed by atoms with Gasteiger partial charge >= 0.3 is 0 Å². The summed E-state index contributed by atoms with van der Waals surface area (Å²) >= 11 is 0. The van der Waals surface area contributed by atoms with Crippen LogP contribution in [0.25, 0.3) is 0 Å². The van der Waals surface area contributed by atoms with Crippen LogP contribution in [0.2, 0.25) is 0 Å². The number of likely N-dealkylation sites (tertiary alicyclic amines) is 1. The summed E-state index contributed by atoms with van der Waals surface area (Å²) in [6.07, 6.45) is 3.64. The van der Waals surface area contributed by atoms with Gasteiger partial charge in [0.15, 0.2) is 5.76 Å². The minimum Gasteiger partial charge on any atom is -0.459 e. The molecule has 2 saturated heterocycles. The van der Waals surface area contributed by atoms with Gasteiger partial charge in [-0.25, -0.2) is 4.39 Å². The fourth-order valence-corrected chi connectivity index (χ4v) is 4.03. The number of carbonyl (C=O) groups is 1. The summed E-state index contributed by atoms with van der Waals surface area (Å²) in [5.41, 5.74) is 0.686. The lowest BCUT2D eigenvalue weighted by Crippen LogP contribution is -2.56. The number of rotatable bonds is 3. The second-order valence-electron chi connectivity index (χ2n) is 7.00. The van der Waals surface area contributed by atoms with Crippen molar-refractivity contribution < 1.29 is 13.6 Å². The SMILES string of the molecule is O=C(c1ccco1)N1CCC[C@@H](N2CCN(c3ccccc3F)CC2)C1. The van der Waals surface area contributed by atoms with E-state index in [1.165, 1.54) is 12.3 Å². The largest absolute Gasteiger partial charge is 0.459 e. The number of halogens is 1. The number of amides is 1. The first-order valence-electron chi connectivity index (χ1n) is 9.28. The highest BCUT2D eigenvalue weighted by atomic mass is 19.1. The number of furan rings is 1. The Kier molecular flexibility index (Phi) is 4.93. The van der Waals surface area contributed by atoms with Gasteiger partial charge in [-0.1, -0.05) is 12.1 Å². The number of carbonyl (C=O) groups excluding carboxylic acids is 1. The standard InChI is InChI=1S/C20H24FN3O2/c21-17-6-1-2-7-18(17)23-12-10-22(11-13-23)16-5-3-9-24(15-16)20(25)19-8-4-14-26-19/h1-2,4,6-8,14,16H,3,5,9-13,15H2/t16-/m1/s1. The molecule has 0 bridgehead atoms. The summed E-state index contributed by atoms with van der Waals surface area (Å²) in [6, 6.07) is 10.8. The molecule has 1 atom stereocenters. The smallest absolute Gasteiger partial charge is 0.289 e. The van der Waals surface area contributed by atoms with Gasteiger partial charge in [0.1, 0.15) is 5.82 Å². The summed E-state index contributed by atoms with van der Waals surface area (Å²) in [7, 11) is 0. The summed E-state index contributed by atoms with van der Waals surface area (Å²) in [6.45, 7) is 4.92. The van der Waals surface area contributed by atoms with Crippen LogP contribution in [0.3, 0.4) is 0 Å². The molecule has 0 radical (unpaired) electrons. The summed E-state index contributed by atoms with van der Waals surface area (Å²) in [5.74, 6) is 0.230. The van der Waals surface area contributed by atoms with E-state index in [4.69, 9.17) is 4.42 Å². The Morgan fingerprint density at radius 3 is 2.58 bits per heavy atom. The highest BCUT2D eigenvalue weighted by molar-refractivity contribution is 5.91. The molecule has 0 aliphatic carbocycles. The van der Waals surface area contributed by atoms with Gasteiger partial charge < -0.3 is 14.2 Å². The van der Waals surface area contributed by atoms with E-state index in [0.717, 1.165) is 52.1 Å². The molecule has 4 rings (SSSR count). The van der Waals surface area contributed by atoms with E-state index in [0.29, 0.717) is 17.5 Å². The first kappa shape index (κ1) is 17.1. The number of anilines is 1. The Morgan fingerprint density at radius 1 is 1.04 bits per heavy atom. The van der Waals surface area contributed by atoms with Crippen molar-refractivity contribution >= 4 is 11.6 Å². The number of piperazine rings is 1. The molecule has 26 heavy (non-hydrogen) atoms. The van der Waals surface area contributed by atoms with Crippen LogP contribution in [0.1, 0.15) is 23.4 Å².